The quantitative estimate of drug-likeness (QED) is 0.623. The standard InChI is InChI=1S/C25H26N4O4/c1-15-22(23(26)30)13-27-24(28-15)17-10-11-29(14-17)25(31)21-12-19(33-3)8-9-20(21)16-4-6-18(32-2)7-5-16/h4-9,12-13,17H,10-11,14H2,1-3H3,(H2,26,30). The van der Waals surface area contributed by atoms with Crippen LogP contribution >= 0.6 is 0 Å². The Balaban J connectivity index is 1.60. The van der Waals surface area contributed by atoms with Gasteiger partial charge in [-0.25, -0.2) is 9.97 Å². The second-order valence-electron chi connectivity index (χ2n) is 7.97. The smallest absolute Gasteiger partial charge is 0.254 e. The zero-order chi connectivity index (χ0) is 23.5. The van der Waals surface area contributed by atoms with Gasteiger partial charge in [-0.3, -0.25) is 9.59 Å². The molecular formula is C25H26N4O4. The number of aryl methyl sites for hydroxylation is 1. The van der Waals surface area contributed by atoms with Crippen molar-refractivity contribution >= 4 is 11.8 Å². The van der Waals surface area contributed by atoms with Crippen LogP contribution in [0.3, 0.4) is 0 Å². The van der Waals surface area contributed by atoms with Gasteiger partial charge in [-0.2, -0.15) is 0 Å². The van der Waals surface area contributed by atoms with Gasteiger partial charge in [-0.15, -0.1) is 0 Å². The van der Waals surface area contributed by atoms with Crippen molar-refractivity contribution in [2.75, 3.05) is 27.3 Å². The Morgan fingerprint density at radius 2 is 1.73 bits per heavy atom. The summed E-state index contributed by atoms with van der Waals surface area (Å²) in [6.07, 6.45) is 2.21. The van der Waals surface area contributed by atoms with E-state index in [2.05, 4.69) is 9.97 Å². The number of nitrogens with two attached hydrogens (primary N) is 1. The summed E-state index contributed by atoms with van der Waals surface area (Å²) in [5.74, 6) is 1.35. The number of amides is 2. The molecule has 0 saturated carbocycles. The normalized spacial score (nSPS) is 15.4. The van der Waals surface area contributed by atoms with Crippen molar-refractivity contribution in [3.05, 3.63) is 71.3 Å². The molecule has 4 rings (SSSR count). The van der Waals surface area contributed by atoms with E-state index in [9.17, 15) is 9.59 Å². The molecule has 2 aromatic carbocycles. The van der Waals surface area contributed by atoms with Crippen LogP contribution in [0.5, 0.6) is 11.5 Å². The Morgan fingerprint density at radius 1 is 1.03 bits per heavy atom. The summed E-state index contributed by atoms with van der Waals surface area (Å²) in [4.78, 5) is 35.6. The second kappa shape index (κ2) is 9.28. The molecule has 1 aliphatic heterocycles. The first-order chi connectivity index (χ1) is 15.9. The molecule has 1 aromatic heterocycles. The number of carbonyl (C=O) groups excluding carboxylic acids is 2. The van der Waals surface area contributed by atoms with Gasteiger partial charge >= 0.3 is 0 Å². The molecule has 8 nitrogen and oxygen atoms in total. The lowest BCUT2D eigenvalue weighted by Gasteiger charge is -2.19. The van der Waals surface area contributed by atoms with E-state index in [1.807, 2.05) is 41.3 Å². The highest BCUT2D eigenvalue weighted by Gasteiger charge is 2.31. The minimum atomic E-state index is -0.550. The number of primary amides is 1. The van der Waals surface area contributed by atoms with Gasteiger partial charge in [-0.05, 0) is 54.8 Å². The molecule has 1 aliphatic rings. The first kappa shape index (κ1) is 22.3. The zero-order valence-corrected chi connectivity index (χ0v) is 18.9. The molecule has 1 fully saturated rings. The lowest BCUT2D eigenvalue weighted by Crippen LogP contribution is -2.29. The molecule has 1 saturated heterocycles. The van der Waals surface area contributed by atoms with Crippen molar-refractivity contribution in [2.45, 2.75) is 19.3 Å². The van der Waals surface area contributed by atoms with Gasteiger partial charge in [-0.1, -0.05) is 12.1 Å². The molecule has 0 aliphatic carbocycles. The Morgan fingerprint density at radius 3 is 2.36 bits per heavy atom. The molecule has 0 radical (unpaired) electrons. The number of nitrogens with zero attached hydrogens (tertiary/aromatic N) is 3. The highest BCUT2D eigenvalue weighted by Crippen LogP contribution is 2.32. The third-order valence-electron chi connectivity index (χ3n) is 5.96. The summed E-state index contributed by atoms with van der Waals surface area (Å²) in [6, 6.07) is 13.1. The minimum Gasteiger partial charge on any atom is -0.497 e. The van der Waals surface area contributed by atoms with Crippen LogP contribution in [0, 0.1) is 6.92 Å². The molecule has 2 N–H and O–H groups in total. The fourth-order valence-corrected chi connectivity index (χ4v) is 4.10. The van der Waals surface area contributed by atoms with Gasteiger partial charge < -0.3 is 20.1 Å². The van der Waals surface area contributed by atoms with Crippen molar-refractivity contribution in [3.63, 3.8) is 0 Å². The third-order valence-corrected chi connectivity index (χ3v) is 5.96. The van der Waals surface area contributed by atoms with E-state index in [1.54, 1.807) is 27.2 Å². The first-order valence-electron chi connectivity index (χ1n) is 10.7. The first-order valence-corrected chi connectivity index (χ1v) is 10.7. The largest absolute Gasteiger partial charge is 0.497 e. The SMILES string of the molecule is COc1ccc(-c2ccc(OC)cc2C(=O)N2CCC(c3ncc(C(N)=O)c(C)n3)C2)cc1. The second-order valence-corrected chi connectivity index (χ2v) is 7.97. The van der Waals surface area contributed by atoms with Crippen molar-refractivity contribution < 1.29 is 19.1 Å². The predicted molar refractivity (Wildman–Crippen MR) is 124 cm³/mol. The maximum Gasteiger partial charge on any atom is 0.254 e. The number of aromatic nitrogens is 2. The van der Waals surface area contributed by atoms with Crippen LogP contribution in [-0.2, 0) is 0 Å². The topological polar surface area (TPSA) is 108 Å². The molecule has 0 spiro atoms. The predicted octanol–water partition coefficient (Wildman–Crippen LogP) is 3.20. The number of carbonyl (C=O) groups is 2. The van der Waals surface area contributed by atoms with Crippen LogP contribution in [0.4, 0.5) is 0 Å². The molecule has 1 unspecified atom stereocenters. The maximum absolute atomic E-state index is 13.6. The Labute approximate surface area is 192 Å². The minimum absolute atomic E-state index is 0.00961. The van der Waals surface area contributed by atoms with Gasteiger partial charge in [0.1, 0.15) is 17.3 Å². The van der Waals surface area contributed by atoms with Gasteiger partial charge in [0.25, 0.3) is 11.8 Å². The van der Waals surface area contributed by atoms with E-state index >= 15 is 0 Å². The summed E-state index contributed by atoms with van der Waals surface area (Å²) < 4.78 is 10.6. The molecule has 0 bridgehead atoms. The number of likely N-dealkylation sites (tertiary alicyclic amines) is 1. The molecule has 2 amide bonds. The average Bonchev–Trinajstić information content (AvgIpc) is 3.33. The zero-order valence-electron chi connectivity index (χ0n) is 18.9. The number of hydrogen-bond acceptors (Lipinski definition) is 6. The molecule has 33 heavy (non-hydrogen) atoms. The fraction of sp³-hybridized carbons (Fsp3) is 0.280. The van der Waals surface area contributed by atoms with Crippen LogP contribution in [0.15, 0.2) is 48.7 Å². The summed E-state index contributed by atoms with van der Waals surface area (Å²) in [6.45, 7) is 2.82. The van der Waals surface area contributed by atoms with E-state index in [-0.39, 0.29) is 11.8 Å². The van der Waals surface area contributed by atoms with Crippen LogP contribution in [-0.4, -0.2) is 54.0 Å². The molecule has 2 heterocycles. The van der Waals surface area contributed by atoms with Gasteiger partial charge in [0.05, 0.1) is 31.0 Å². The summed E-state index contributed by atoms with van der Waals surface area (Å²) in [5, 5.41) is 0. The van der Waals surface area contributed by atoms with Gasteiger partial charge in [0.15, 0.2) is 0 Å². The van der Waals surface area contributed by atoms with Crippen LogP contribution in [0.2, 0.25) is 0 Å². The molecule has 1 atom stereocenters. The van der Waals surface area contributed by atoms with Crippen molar-refractivity contribution in [1.82, 2.24) is 14.9 Å². The van der Waals surface area contributed by atoms with E-state index in [0.29, 0.717) is 41.5 Å². The van der Waals surface area contributed by atoms with E-state index in [0.717, 1.165) is 23.3 Å². The average molecular weight is 447 g/mol. The summed E-state index contributed by atoms with van der Waals surface area (Å²) in [7, 11) is 3.20. The fourth-order valence-electron chi connectivity index (χ4n) is 4.10. The lowest BCUT2D eigenvalue weighted by atomic mass is 9.98. The van der Waals surface area contributed by atoms with Crippen molar-refractivity contribution in [3.8, 4) is 22.6 Å². The van der Waals surface area contributed by atoms with Crippen LogP contribution in [0.1, 0.15) is 44.6 Å². The van der Waals surface area contributed by atoms with Crippen LogP contribution < -0.4 is 15.2 Å². The van der Waals surface area contributed by atoms with E-state index in [4.69, 9.17) is 15.2 Å². The summed E-state index contributed by atoms with van der Waals surface area (Å²) >= 11 is 0. The highest BCUT2D eigenvalue weighted by atomic mass is 16.5. The Bertz CT molecular complexity index is 1190. The van der Waals surface area contributed by atoms with E-state index < -0.39 is 5.91 Å². The Kier molecular flexibility index (Phi) is 6.26. The van der Waals surface area contributed by atoms with E-state index in [1.165, 1.54) is 6.20 Å². The van der Waals surface area contributed by atoms with Gasteiger partial charge in [0, 0.05) is 25.2 Å². The van der Waals surface area contributed by atoms with Crippen molar-refractivity contribution in [2.24, 2.45) is 5.73 Å². The van der Waals surface area contributed by atoms with Gasteiger partial charge in [0.2, 0.25) is 0 Å². The number of methoxy groups -OCH3 is 2. The number of hydrogen-bond donors (Lipinski definition) is 1. The monoisotopic (exact) mass is 446 g/mol. The summed E-state index contributed by atoms with van der Waals surface area (Å²) in [5.41, 5.74) is 8.53. The van der Waals surface area contributed by atoms with Crippen LogP contribution in [0.25, 0.3) is 11.1 Å². The van der Waals surface area contributed by atoms with Crippen molar-refractivity contribution in [1.29, 1.82) is 0 Å². The Hall–Kier alpha value is -3.94. The molecule has 3 aromatic rings. The molecule has 170 valence electrons. The maximum atomic E-state index is 13.6. The molecular weight excluding hydrogens is 420 g/mol. The lowest BCUT2D eigenvalue weighted by molar-refractivity contribution is 0.0790. The number of rotatable bonds is 6. The molecule has 8 heteroatoms. The number of ether oxygens (including phenoxy) is 2. The number of benzene rings is 2. The third kappa shape index (κ3) is 4.50. The highest BCUT2D eigenvalue weighted by molar-refractivity contribution is 6.01.